The van der Waals surface area contributed by atoms with Gasteiger partial charge in [0, 0.05) is 31.4 Å². The summed E-state index contributed by atoms with van der Waals surface area (Å²) in [7, 11) is -1.75. The number of sulfonamides is 1. The average molecular weight is 381 g/mol. The fourth-order valence-electron chi connectivity index (χ4n) is 3.07. The van der Waals surface area contributed by atoms with Crippen molar-refractivity contribution in [1.82, 2.24) is 9.62 Å². The minimum Gasteiger partial charge on any atom is -0.355 e. The maximum Gasteiger partial charge on any atom is 0.251 e. The van der Waals surface area contributed by atoms with E-state index in [-0.39, 0.29) is 24.1 Å². The normalized spacial score (nSPS) is 18.3. The molecule has 2 N–H and O–H groups in total. The fourth-order valence-corrected chi connectivity index (χ4v) is 4.66. The van der Waals surface area contributed by atoms with E-state index in [1.165, 1.54) is 4.31 Å². The van der Waals surface area contributed by atoms with Gasteiger partial charge in [0.15, 0.2) is 0 Å². The van der Waals surface area contributed by atoms with Crippen LogP contribution in [-0.4, -0.2) is 50.4 Å². The van der Waals surface area contributed by atoms with Crippen LogP contribution in [0, 0.1) is 12.8 Å². The number of hydrogen-bond donors (Lipinski definition) is 2. The van der Waals surface area contributed by atoms with Crippen LogP contribution in [-0.2, 0) is 14.8 Å². The smallest absolute Gasteiger partial charge is 0.251 e. The number of nitrogens with zero attached hydrogens (tertiary/aromatic N) is 1. The van der Waals surface area contributed by atoms with Gasteiger partial charge in [-0.2, -0.15) is 0 Å². The average Bonchev–Trinajstić information content (AvgIpc) is 2.63. The van der Waals surface area contributed by atoms with Crippen LogP contribution in [0.1, 0.15) is 42.1 Å². The maximum atomic E-state index is 12.7. The van der Waals surface area contributed by atoms with Gasteiger partial charge in [0.05, 0.1) is 11.7 Å². The minimum atomic E-state index is -3.30. The molecule has 0 saturated carbocycles. The van der Waals surface area contributed by atoms with Crippen LogP contribution in [0.2, 0.25) is 0 Å². The lowest BCUT2D eigenvalue weighted by Gasteiger charge is -2.31. The van der Waals surface area contributed by atoms with Crippen LogP contribution < -0.4 is 10.6 Å². The molecule has 7 nitrogen and oxygen atoms in total. The van der Waals surface area contributed by atoms with E-state index in [0.717, 1.165) is 5.56 Å². The molecule has 0 aromatic heterocycles. The number of anilines is 1. The van der Waals surface area contributed by atoms with E-state index >= 15 is 0 Å². The Labute approximate surface area is 155 Å². The zero-order valence-electron chi connectivity index (χ0n) is 15.5. The Balaban J connectivity index is 2.11. The topological polar surface area (TPSA) is 95.6 Å². The van der Waals surface area contributed by atoms with Crippen molar-refractivity contribution in [3.63, 3.8) is 0 Å². The number of nitrogens with one attached hydrogen (secondary N) is 2. The predicted molar refractivity (Wildman–Crippen MR) is 102 cm³/mol. The molecule has 26 heavy (non-hydrogen) atoms. The quantitative estimate of drug-likeness (QED) is 0.785. The van der Waals surface area contributed by atoms with Crippen molar-refractivity contribution in [3.8, 4) is 0 Å². The summed E-state index contributed by atoms with van der Waals surface area (Å²) in [5.41, 5.74) is 1.88. The summed E-state index contributed by atoms with van der Waals surface area (Å²) >= 11 is 0. The number of hydrogen-bond acceptors (Lipinski definition) is 4. The molecule has 1 aromatic carbocycles. The van der Waals surface area contributed by atoms with Crippen molar-refractivity contribution >= 4 is 27.5 Å². The zero-order valence-corrected chi connectivity index (χ0v) is 16.4. The molecule has 1 unspecified atom stereocenters. The van der Waals surface area contributed by atoms with E-state index in [2.05, 4.69) is 10.6 Å². The van der Waals surface area contributed by atoms with Crippen molar-refractivity contribution in [1.29, 1.82) is 0 Å². The van der Waals surface area contributed by atoms with Crippen molar-refractivity contribution < 1.29 is 18.0 Å². The molecule has 0 bridgehead atoms. The van der Waals surface area contributed by atoms with Crippen LogP contribution in [0.3, 0.4) is 0 Å². The number of benzene rings is 1. The highest BCUT2D eigenvalue weighted by atomic mass is 32.2. The highest BCUT2D eigenvalue weighted by Crippen LogP contribution is 2.23. The minimum absolute atomic E-state index is 0.106. The monoisotopic (exact) mass is 381 g/mol. The van der Waals surface area contributed by atoms with E-state index in [9.17, 15) is 18.0 Å². The first-order valence-corrected chi connectivity index (χ1v) is 10.5. The third-order valence-corrected chi connectivity index (χ3v) is 6.64. The number of rotatable bonds is 6. The molecule has 0 spiro atoms. The summed E-state index contributed by atoms with van der Waals surface area (Å²) in [6.45, 7) is 4.36. The predicted octanol–water partition coefficient (Wildman–Crippen LogP) is 1.74. The molecule has 0 aliphatic carbocycles. The van der Waals surface area contributed by atoms with Crippen LogP contribution in [0.15, 0.2) is 18.2 Å². The lowest BCUT2D eigenvalue weighted by atomic mass is 9.98. The van der Waals surface area contributed by atoms with Gasteiger partial charge in [0.1, 0.15) is 0 Å². The Morgan fingerprint density at radius 2 is 2.04 bits per heavy atom. The van der Waals surface area contributed by atoms with Crippen LogP contribution in [0.4, 0.5) is 5.69 Å². The summed E-state index contributed by atoms with van der Waals surface area (Å²) < 4.78 is 26.0. The third kappa shape index (κ3) is 4.82. The van der Waals surface area contributed by atoms with Gasteiger partial charge in [-0.05, 0) is 43.9 Å². The van der Waals surface area contributed by atoms with E-state index in [4.69, 9.17) is 0 Å². The summed E-state index contributed by atoms with van der Waals surface area (Å²) in [5.74, 6) is -0.721. The first-order valence-electron chi connectivity index (χ1n) is 8.90. The second kappa shape index (κ2) is 8.64. The Kier molecular flexibility index (Phi) is 6.77. The molecular formula is C18H27N3O4S. The molecule has 2 rings (SSSR count). The van der Waals surface area contributed by atoms with Gasteiger partial charge >= 0.3 is 0 Å². The first kappa shape index (κ1) is 20.4. The summed E-state index contributed by atoms with van der Waals surface area (Å²) in [6, 6.07) is 5.11. The SMILES string of the molecule is CCCS(=O)(=O)N1CCCC(C(=O)Nc2cc(C(=O)NC)ccc2C)C1. The molecule has 1 aliphatic heterocycles. The Morgan fingerprint density at radius 1 is 1.31 bits per heavy atom. The van der Waals surface area contributed by atoms with Crippen LogP contribution >= 0.6 is 0 Å². The van der Waals surface area contributed by atoms with Crippen molar-refractivity contribution in [3.05, 3.63) is 29.3 Å². The molecule has 1 heterocycles. The van der Waals surface area contributed by atoms with Crippen LogP contribution in [0.5, 0.6) is 0 Å². The highest BCUT2D eigenvalue weighted by molar-refractivity contribution is 7.89. The number of carbonyl (C=O) groups is 2. The molecule has 2 amide bonds. The van der Waals surface area contributed by atoms with Gasteiger partial charge in [-0.25, -0.2) is 12.7 Å². The lowest BCUT2D eigenvalue weighted by Crippen LogP contribution is -2.44. The van der Waals surface area contributed by atoms with Crippen molar-refractivity contribution in [2.75, 3.05) is 31.2 Å². The highest BCUT2D eigenvalue weighted by Gasteiger charge is 2.32. The molecule has 1 aromatic rings. The second-order valence-corrected chi connectivity index (χ2v) is 8.70. The molecular weight excluding hydrogens is 354 g/mol. The number of carbonyl (C=O) groups excluding carboxylic acids is 2. The Bertz CT molecular complexity index is 777. The molecule has 1 aliphatic rings. The van der Waals surface area contributed by atoms with E-state index < -0.39 is 15.9 Å². The fraction of sp³-hybridized carbons (Fsp3) is 0.556. The summed E-state index contributed by atoms with van der Waals surface area (Å²) in [5, 5.41) is 5.42. The van der Waals surface area contributed by atoms with E-state index in [1.807, 2.05) is 13.8 Å². The molecule has 8 heteroatoms. The second-order valence-electron chi connectivity index (χ2n) is 6.61. The van der Waals surface area contributed by atoms with Gasteiger partial charge in [0.2, 0.25) is 15.9 Å². The van der Waals surface area contributed by atoms with Crippen LogP contribution in [0.25, 0.3) is 0 Å². The Morgan fingerprint density at radius 3 is 2.69 bits per heavy atom. The third-order valence-electron chi connectivity index (χ3n) is 4.60. The molecule has 1 atom stereocenters. The van der Waals surface area contributed by atoms with Gasteiger partial charge in [-0.1, -0.05) is 13.0 Å². The number of aryl methyl sites for hydroxylation is 1. The van der Waals surface area contributed by atoms with Gasteiger partial charge in [0.25, 0.3) is 5.91 Å². The molecule has 1 fully saturated rings. The van der Waals surface area contributed by atoms with Gasteiger partial charge in [-0.15, -0.1) is 0 Å². The van der Waals surface area contributed by atoms with E-state index in [0.29, 0.717) is 37.1 Å². The number of piperidine rings is 1. The maximum absolute atomic E-state index is 12.7. The largest absolute Gasteiger partial charge is 0.355 e. The summed E-state index contributed by atoms with van der Waals surface area (Å²) in [6.07, 6.45) is 1.87. The standard InChI is InChI=1S/C18H27N3O4S/c1-4-10-26(24,25)21-9-5-6-15(12-21)18(23)20-16-11-14(17(22)19-3)8-7-13(16)2/h7-8,11,15H,4-6,9-10,12H2,1-3H3,(H,19,22)(H,20,23). The zero-order chi connectivity index (χ0) is 19.3. The van der Waals surface area contributed by atoms with Gasteiger partial charge < -0.3 is 10.6 Å². The molecule has 0 radical (unpaired) electrons. The first-order chi connectivity index (χ1) is 12.3. The van der Waals surface area contributed by atoms with Crippen molar-refractivity contribution in [2.24, 2.45) is 5.92 Å². The molecule has 144 valence electrons. The lowest BCUT2D eigenvalue weighted by molar-refractivity contribution is -0.120. The van der Waals surface area contributed by atoms with E-state index in [1.54, 1.807) is 25.2 Å². The molecule has 1 saturated heterocycles. The van der Waals surface area contributed by atoms with Gasteiger partial charge in [-0.3, -0.25) is 9.59 Å². The summed E-state index contributed by atoms with van der Waals surface area (Å²) in [4.78, 5) is 24.4. The van der Waals surface area contributed by atoms with Crippen molar-refractivity contribution in [2.45, 2.75) is 33.1 Å². The number of amides is 2. The Hall–Kier alpha value is -1.93.